The molecule has 0 radical (unpaired) electrons. The van der Waals surface area contributed by atoms with Crippen LogP contribution in [0.2, 0.25) is 0 Å². The average Bonchev–Trinajstić information content (AvgIpc) is 3.30. The molecule has 0 aliphatic carbocycles. The Bertz CT molecular complexity index is 706. The Hall–Kier alpha value is -1.58. The molecule has 7 nitrogen and oxygen atoms in total. The van der Waals surface area contributed by atoms with Crippen LogP contribution in [0.3, 0.4) is 0 Å². The predicted molar refractivity (Wildman–Crippen MR) is 115 cm³/mol. The summed E-state index contributed by atoms with van der Waals surface area (Å²) in [7, 11) is 1.97. The van der Waals surface area contributed by atoms with Crippen LogP contribution in [0, 0.1) is 12.8 Å². The van der Waals surface area contributed by atoms with E-state index in [4.69, 9.17) is 4.99 Å². The summed E-state index contributed by atoms with van der Waals surface area (Å²) < 4.78 is 3.84. The van der Waals surface area contributed by atoms with Crippen molar-refractivity contribution in [2.45, 2.75) is 33.2 Å². The van der Waals surface area contributed by atoms with Gasteiger partial charge in [-0.3, -0.25) is 14.4 Å². The van der Waals surface area contributed by atoms with E-state index < -0.39 is 0 Å². The predicted octanol–water partition coefficient (Wildman–Crippen LogP) is 2.07. The van der Waals surface area contributed by atoms with Gasteiger partial charge in [-0.05, 0) is 43.7 Å². The van der Waals surface area contributed by atoms with Crippen LogP contribution in [0.4, 0.5) is 0 Å². The maximum absolute atomic E-state index is 4.80. The standard InChI is InChI=1S/C18H29N7.HI/c1-4-19-18(20-6-8-25-12-15(2)10-22-25)24-7-5-16(14-24)9-17-11-21-23(3)13-17;/h10-13,16H,4-9,14H2,1-3H3,(H,19,20);1H. The zero-order chi connectivity index (χ0) is 17.6. The number of guanidine groups is 1. The van der Waals surface area contributed by atoms with Gasteiger partial charge in [0.15, 0.2) is 5.96 Å². The van der Waals surface area contributed by atoms with Gasteiger partial charge < -0.3 is 10.2 Å². The quantitative estimate of drug-likeness (QED) is 0.398. The number of aliphatic imine (C=N–C) groups is 1. The topological polar surface area (TPSA) is 63.3 Å². The van der Waals surface area contributed by atoms with Crippen LogP contribution in [-0.4, -0.2) is 56.6 Å². The van der Waals surface area contributed by atoms with Crippen molar-refractivity contribution < 1.29 is 0 Å². The molecule has 1 N–H and O–H groups in total. The highest BCUT2D eigenvalue weighted by Crippen LogP contribution is 2.20. The number of aryl methyl sites for hydroxylation is 2. The van der Waals surface area contributed by atoms with Crippen molar-refractivity contribution in [2.75, 3.05) is 26.2 Å². The monoisotopic (exact) mass is 471 g/mol. The number of aromatic nitrogens is 4. The van der Waals surface area contributed by atoms with Crippen molar-refractivity contribution in [3.8, 4) is 0 Å². The smallest absolute Gasteiger partial charge is 0.193 e. The highest BCUT2D eigenvalue weighted by atomic mass is 127. The molecular weight excluding hydrogens is 441 g/mol. The number of nitrogens with one attached hydrogen (secondary N) is 1. The fourth-order valence-corrected chi connectivity index (χ4v) is 3.38. The minimum atomic E-state index is 0. The maximum Gasteiger partial charge on any atom is 0.193 e. The lowest BCUT2D eigenvalue weighted by molar-refractivity contribution is 0.458. The Balaban J connectivity index is 0.00000243. The summed E-state index contributed by atoms with van der Waals surface area (Å²) in [6.07, 6.45) is 10.3. The number of halogens is 1. The van der Waals surface area contributed by atoms with E-state index in [1.165, 1.54) is 17.5 Å². The molecule has 0 saturated carbocycles. The van der Waals surface area contributed by atoms with Gasteiger partial charge in [-0.15, -0.1) is 24.0 Å². The first-order valence-electron chi connectivity index (χ1n) is 9.14. The maximum atomic E-state index is 4.80. The Kier molecular flexibility index (Phi) is 7.92. The third-order valence-corrected chi connectivity index (χ3v) is 4.56. The van der Waals surface area contributed by atoms with E-state index in [0.29, 0.717) is 5.92 Å². The molecule has 2 aromatic rings. The lowest BCUT2D eigenvalue weighted by Crippen LogP contribution is -2.40. The van der Waals surface area contributed by atoms with E-state index in [1.54, 1.807) is 0 Å². The molecule has 144 valence electrons. The van der Waals surface area contributed by atoms with Crippen molar-refractivity contribution in [1.29, 1.82) is 0 Å². The van der Waals surface area contributed by atoms with Gasteiger partial charge in [-0.1, -0.05) is 0 Å². The van der Waals surface area contributed by atoms with Gasteiger partial charge >= 0.3 is 0 Å². The minimum Gasteiger partial charge on any atom is -0.357 e. The molecule has 3 heterocycles. The van der Waals surface area contributed by atoms with Crippen LogP contribution < -0.4 is 5.32 Å². The zero-order valence-electron chi connectivity index (χ0n) is 15.9. The molecule has 2 aromatic heterocycles. The fraction of sp³-hybridized carbons (Fsp3) is 0.611. The molecule has 0 spiro atoms. The summed E-state index contributed by atoms with van der Waals surface area (Å²) in [5.74, 6) is 1.70. The van der Waals surface area contributed by atoms with E-state index in [0.717, 1.165) is 45.1 Å². The lowest BCUT2D eigenvalue weighted by Gasteiger charge is -2.21. The summed E-state index contributed by atoms with van der Waals surface area (Å²) in [4.78, 5) is 7.19. The second-order valence-electron chi connectivity index (χ2n) is 6.84. The van der Waals surface area contributed by atoms with E-state index in [9.17, 15) is 0 Å². The first-order valence-corrected chi connectivity index (χ1v) is 9.14. The van der Waals surface area contributed by atoms with Gasteiger partial charge in [-0.25, -0.2) is 0 Å². The average molecular weight is 471 g/mol. The second kappa shape index (κ2) is 9.94. The normalized spacial score (nSPS) is 17.4. The van der Waals surface area contributed by atoms with Gasteiger partial charge in [0.05, 0.1) is 25.5 Å². The fourth-order valence-electron chi connectivity index (χ4n) is 3.38. The third-order valence-electron chi connectivity index (χ3n) is 4.56. The van der Waals surface area contributed by atoms with E-state index in [1.807, 2.05) is 28.8 Å². The number of hydrogen-bond donors (Lipinski definition) is 1. The molecule has 8 heteroatoms. The summed E-state index contributed by atoms with van der Waals surface area (Å²) in [6.45, 7) is 8.75. The molecule has 1 aliphatic heterocycles. The van der Waals surface area contributed by atoms with Gasteiger partial charge in [0.1, 0.15) is 0 Å². The third kappa shape index (κ3) is 5.72. The van der Waals surface area contributed by atoms with Crippen LogP contribution in [0.5, 0.6) is 0 Å². The first kappa shape index (κ1) is 20.7. The van der Waals surface area contributed by atoms with Crippen LogP contribution in [-0.2, 0) is 20.0 Å². The summed E-state index contributed by atoms with van der Waals surface area (Å²) >= 11 is 0. The van der Waals surface area contributed by atoms with Crippen molar-refractivity contribution in [2.24, 2.45) is 18.0 Å². The van der Waals surface area contributed by atoms with Crippen molar-refractivity contribution >= 4 is 29.9 Å². The molecule has 1 fully saturated rings. The van der Waals surface area contributed by atoms with E-state index in [-0.39, 0.29) is 24.0 Å². The Morgan fingerprint density at radius 1 is 1.31 bits per heavy atom. The Labute approximate surface area is 172 Å². The lowest BCUT2D eigenvalue weighted by atomic mass is 10.0. The molecule has 0 bridgehead atoms. The Morgan fingerprint density at radius 3 is 2.81 bits per heavy atom. The van der Waals surface area contributed by atoms with Crippen LogP contribution >= 0.6 is 24.0 Å². The molecular formula is C18H30IN7. The molecule has 1 aliphatic rings. The zero-order valence-corrected chi connectivity index (χ0v) is 18.3. The Morgan fingerprint density at radius 2 is 2.15 bits per heavy atom. The number of likely N-dealkylation sites (tertiary alicyclic amines) is 1. The number of rotatable bonds is 6. The molecule has 0 amide bonds. The summed E-state index contributed by atoms with van der Waals surface area (Å²) in [6, 6.07) is 0. The van der Waals surface area contributed by atoms with Crippen LogP contribution in [0.1, 0.15) is 24.5 Å². The SMILES string of the molecule is CCNC(=NCCn1cc(C)cn1)N1CCC(Cc2cnn(C)c2)C1.I. The summed E-state index contributed by atoms with van der Waals surface area (Å²) in [5, 5.41) is 12.0. The molecule has 1 saturated heterocycles. The molecule has 1 unspecified atom stereocenters. The van der Waals surface area contributed by atoms with E-state index >= 15 is 0 Å². The largest absolute Gasteiger partial charge is 0.357 e. The highest BCUT2D eigenvalue weighted by Gasteiger charge is 2.25. The first-order chi connectivity index (χ1) is 12.1. The van der Waals surface area contributed by atoms with E-state index in [2.05, 4.69) is 46.7 Å². The van der Waals surface area contributed by atoms with Crippen molar-refractivity contribution in [3.63, 3.8) is 0 Å². The van der Waals surface area contributed by atoms with Gasteiger partial charge in [-0.2, -0.15) is 10.2 Å². The number of nitrogens with zero attached hydrogens (tertiary/aromatic N) is 6. The van der Waals surface area contributed by atoms with Gasteiger partial charge in [0.2, 0.25) is 0 Å². The van der Waals surface area contributed by atoms with Gasteiger partial charge in [0.25, 0.3) is 0 Å². The molecule has 0 aromatic carbocycles. The molecule has 3 rings (SSSR count). The van der Waals surface area contributed by atoms with Crippen molar-refractivity contribution in [3.05, 3.63) is 35.9 Å². The van der Waals surface area contributed by atoms with Crippen molar-refractivity contribution in [1.82, 2.24) is 29.8 Å². The summed E-state index contributed by atoms with van der Waals surface area (Å²) in [5.41, 5.74) is 2.51. The molecule has 1 atom stereocenters. The van der Waals surface area contributed by atoms with Gasteiger partial charge in [0, 0.05) is 39.1 Å². The second-order valence-corrected chi connectivity index (χ2v) is 6.84. The van der Waals surface area contributed by atoms with Crippen LogP contribution in [0.25, 0.3) is 0 Å². The van der Waals surface area contributed by atoms with Crippen LogP contribution in [0.15, 0.2) is 29.8 Å². The number of hydrogen-bond acceptors (Lipinski definition) is 3. The highest BCUT2D eigenvalue weighted by molar-refractivity contribution is 14.0. The minimum absolute atomic E-state index is 0. The molecule has 26 heavy (non-hydrogen) atoms.